The highest BCUT2D eigenvalue weighted by Crippen LogP contribution is 1.91. The molecule has 5 heteroatoms. The summed E-state index contributed by atoms with van der Waals surface area (Å²) in [4.78, 5) is 20.7. The molecule has 0 aromatic rings. The molecule has 0 unspecified atom stereocenters. The van der Waals surface area contributed by atoms with Crippen molar-refractivity contribution in [1.82, 2.24) is 5.32 Å². The van der Waals surface area contributed by atoms with E-state index in [4.69, 9.17) is 16.7 Å². The van der Waals surface area contributed by atoms with Crippen LogP contribution >= 0.6 is 11.6 Å². The van der Waals surface area contributed by atoms with Gasteiger partial charge in [0.25, 0.3) is 0 Å². The zero-order valence-corrected chi connectivity index (χ0v) is 6.89. The monoisotopic (exact) mass is 179 g/mol. The van der Waals surface area contributed by atoms with E-state index in [2.05, 4.69) is 5.32 Å². The highest BCUT2D eigenvalue weighted by Gasteiger charge is 2.07. The van der Waals surface area contributed by atoms with Gasteiger partial charge in [0.05, 0.1) is 6.42 Å². The van der Waals surface area contributed by atoms with Gasteiger partial charge in [-0.2, -0.15) is 0 Å². The number of carboxylic acids is 1. The molecule has 0 saturated carbocycles. The summed E-state index contributed by atoms with van der Waals surface area (Å²) in [6.07, 6.45) is -0.0741. The van der Waals surface area contributed by atoms with E-state index in [1.165, 1.54) is 6.92 Å². The normalized spacial score (nSPS) is 12.2. The SMILES string of the molecule is C[C@H](Cl)C(=O)NCCC(=O)O. The van der Waals surface area contributed by atoms with E-state index >= 15 is 0 Å². The highest BCUT2D eigenvalue weighted by molar-refractivity contribution is 6.30. The summed E-state index contributed by atoms with van der Waals surface area (Å²) in [7, 11) is 0. The fourth-order valence-electron chi connectivity index (χ4n) is 0.433. The van der Waals surface area contributed by atoms with Crippen LogP contribution in [0.15, 0.2) is 0 Å². The van der Waals surface area contributed by atoms with Crippen molar-refractivity contribution in [3.63, 3.8) is 0 Å². The van der Waals surface area contributed by atoms with Crippen molar-refractivity contribution in [2.45, 2.75) is 18.7 Å². The summed E-state index contributed by atoms with van der Waals surface area (Å²) < 4.78 is 0. The van der Waals surface area contributed by atoms with Crippen LogP contribution in [-0.2, 0) is 9.59 Å². The summed E-state index contributed by atoms with van der Waals surface area (Å²) in [6.45, 7) is 1.66. The molecule has 0 aliphatic heterocycles. The molecule has 0 saturated heterocycles. The molecule has 0 heterocycles. The Morgan fingerprint density at radius 3 is 2.55 bits per heavy atom. The molecule has 0 bridgehead atoms. The van der Waals surface area contributed by atoms with E-state index in [1.807, 2.05) is 0 Å². The second kappa shape index (κ2) is 4.96. The lowest BCUT2D eigenvalue weighted by molar-refractivity contribution is -0.136. The van der Waals surface area contributed by atoms with Gasteiger partial charge in [0, 0.05) is 6.54 Å². The number of carbonyl (C=O) groups is 2. The second-order valence-corrected chi connectivity index (χ2v) is 2.71. The maximum Gasteiger partial charge on any atom is 0.305 e. The molecule has 0 aromatic carbocycles. The molecule has 1 atom stereocenters. The summed E-state index contributed by atoms with van der Waals surface area (Å²) in [5, 5.41) is 9.93. The van der Waals surface area contributed by atoms with Crippen molar-refractivity contribution in [3.8, 4) is 0 Å². The van der Waals surface area contributed by atoms with Crippen molar-refractivity contribution >= 4 is 23.5 Å². The van der Waals surface area contributed by atoms with E-state index in [1.54, 1.807) is 0 Å². The first-order chi connectivity index (χ1) is 5.04. The topological polar surface area (TPSA) is 66.4 Å². The standard InChI is InChI=1S/C6H10ClNO3/c1-4(7)6(11)8-3-2-5(9)10/h4H,2-3H2,1H3,(H,8,11)(H,9,10)/t4-/m0/s1. The van der Waals surface area contributed by atoms with E-state index < -0.39 is 11.3 Å². The zero-order chi connectivity index (χ0) is 8.85. The number of halogens is 1. The van der Waals surface area contributed by atoms with Crippen LogP contribution in [0.5, 0.6) is 0 Å². The summed E-state index contributed by atoms with van der Waals surface area (Å²) in [5.74, 6) is -1.28. The third-order valence-electron chi connectivity index (χ3n) is 0.999. The van der Waals surface area contributed by atoms with Crippen LogP contribution in [0.4, 0.5) is 0 Å². The van der Waals surface area contributed by atoms with Gasteiger partial charge in [-0.3, -0.25) is 9.59 Å². The lowest BCUT2D eigenvalue weighted by atomic mass is 10.4. The predicted molar refractivity (Wildman–Crippen MR) is 40.6 cm³/mol. The fraction of sp³-hybridized carbons (Fsp3) is 0.667. The smallest absolute Gasteiger partial charge is 0.305 e. The number of aliphatic carboxylic acids is 1. The quantitative estimate of drug-likeness (QED) is 0.606. The van der Waals surface area contributed by atoms with Gasteiger partial charge >= 0.3 is 5.97 Å². The average Bonchev–Trinajstić information content (AvgIpc) is 1.86. The van der Waals surface area contributed by atoms with E-state index in [0.29, 0.717) is 0 Å². The van der Waals surface area contributed by atoms with Crippen LogP contribution < -0.4 is 5.32 Å². The molecule has 11 heavy (non-hydrogen) atoms. The minimum atomic E-state index is -0.937. The molecule has 2 N–H and O–H groups in total. The largest absolute Gasteiger partial charge is 0.481 e. The Hall–Kier alpha value is -0.770. The summed E-state index contributed by atoms with van der Waals surface area (Å²) >= 11 is 5.38. The molecule has 4 nitrogen and oxygen atoms in total. The molecule has 0 aliphatic rings. The molecule has 0 spiro atoms. The molecular weight excluding hydrogens is 170 g/mol. The molecule has 1 amide bonds. The Morgan fingerprint density at radius 1 is 1.64 bits per heavy atom. The number of hydrogen-bond donors (Lipinski definition) is 2. The van der Waals surface area contributed by atoms with Crippen LogP contribution in [0, 0.1) is 0 Å². The van der Waals surface area contributed by atoms with Gasteiger partial charge in [-0.05, 0) is 6.92 Å². The minimum Gasteiger partial charge on any atom is -0.481 e. The number of carboxylic acid groups (broad SMARTS) is 1. The molecule has 0 rings (SSSR count). The van der Waals surface area contributed by atoms with E-state index in [0.717, 1.165) is 0 Å². The van der Waals surface area contributed by atoms with Gasteiger partial charge < -0.3 is 10.4 Å². The first-order valence-electron chi connectivity index (χ1n) is 3.17. The van der Waals surface area contributed by atoms with Gasteiger partial charge in [0.2, 0.25) is 5.91 Å². The third-order valence-corrected chi connectivity index (χ3v) is 1.20. The first-order valence-corrected chi connectivity index (χ1v) is 3.61. The van der Waals surface area contributed by atoms with Crippen molar-refractivity contribution in [3.05, 3.63) is 0 Å². The van der Waals surface area contributed by atoms with Gasteiger partial charge in [0.15, 0.2) is 0 Å². The molecular formula is C6H10ClNO3. The van der Waals surface area contributed by atoms with Gasteiger partial charge in [0.1, 0.15) is 5.38 Å². The van der Waals surface area contributed by atoms with Gasteiger partial charge in [-0.25, -0.2) is 0 Å². The van der Waals surface area contributed by atoms with Crippen molar-refractivity contribution in [2.75, 3.05) is 6.54 Å². The van der Waals surface area contributed by atoms with Crippen molar-refractivity contribution in [2.24, 2.45) is 0 Å². The van der Waals surface area contributed by atoms with Gasteiger partial charge in [-0.1, -0.05) is 0 Å². The van der Waals surface area contributed by atoms with Crippen LogP contribution in [0.25, 0.3) is 0 Å². The van der Waals surface area contributed by atoms with Crippen LogP contribution in [0.2, 0.25) is 0 Å². The number of nitrogens with one attached hydrogen (secondary N) is 1. The van der Waals surface area contributed by atoms with Crippen molar-refractivity contribution < 1.29 is 14.7 Å². The maximum absolute atomic E-state index is 10.7. The predicted octanol–water partition coefficient (Wildman–Crippen LogP) is 0.205. The lowest BCUT2D eigenvalue weighted by Gasteiger charge is -2.03. The maximum atomic E-state index is 10.7. The number of carbonyl (C=O) groups excluding carboxylic acids is 1. The number of alkyl halides is 1. The Kier molecular flexibility index (Phi) is 4.61. The number of rotatable bonds is 4. The fourth-order valence-corrected chi connectivity index (χ4v) is 0.510. The van der Waals surface area contributed by atoms with Crippen LogP contribution in [-0.4, -0.2) is 28.9 Å². The van der Waals surface area contributed by atoms with E-state index in [-0.39, 0.29) is 18.9 Å². The van der Waals surface area contributed by atoms with Crippen molar-refractivity contribution in [1.29, 1.82) is 0 Å². The Labute approximate surface area is 69.5 Å². The van der Waals surface area contributed by atoms with E-state index in [9.17, 15) is 9.59 Å². The van der Waals surface area contributed by atoms with Gasteiger partial charge in [-0.15, -0.1) is 11.6 Å². The second-order valence-electron chi connectivity index (χ2n) is 2.05. The lowest BCUT2D eigenvalue weighted by Crippen LogP contribution is -2.31. The highest BCUT2D eigenvalue weighted by atomic mass is 35.5. The van der Waals surface area contributed by atoms with Crippen LogP contribution in [0.1, 0.15) is 13.3 Å². The molecule has 0 radical (unpaired) electrons. The third kappa shape index (κ3) is 5.66. The zero-order valence-electron chi connectivity index (χ0n) is 6.13. The number of hydrogen-bond acceptors (Lipinski definition) is 2. The Balaban J connectivity index is 3.39. The molecule has 0 fully saturated rings. The summed E-state index contributed by atoms with van der Waals surface area (Å²) in [5.41, 5.74) is 0. The Bertz CT molecular complexity index is 158. The summed E-state index contributed by atoms with van der Waals surface area (Å²) in [6, 6.07) is 0. The van der Waals surface area contributed by atoms with Crippen LogP contribution in [0.3, 0.4) is 0 Å². The molecule has 0 aromatic heterocycles. The average molecular weight is 180 g/mol. The Morgan fingerprint density at radius 2 is 2.18 bits per heavy atom. The number of amides is 1. The minimum absolute atomic E-state index is 0.0741. The molecule has 64 valence electrons. The molecule has 0 aliphatic carbocycles. The first kappa shape index (κ1) is 10.2.